The maximum Gasteiger partial charge on any atom is 0.335 e. The van der Waals surface area contributed by atoms with Crippen molar-refractivity contribution in [3.63, 3.8) is 0 Å². The zero-order valence-corrected chi connectivity index (χ0v) is 18.0. The molecule has 0 bridgehead atoms. The Labute approximate surface area is 188 Å². The molecule has 3 aromatic rings. The van der Waals surface area contributed by atoms with Gasteiger partial charge in [0.2, 0.25) is 0 Å². The third-order valence-corrected chi connectivity index (χ3v) is 5.17. The van der Waals surface area contributed by atoms with Gasteiger partial charge in [0, 0.05) is 17.2 Å². The van der Waals surface area contributed by atoms with Crippen molar-refractivity contribution in [3.8, 4) is 11.3 Å². The first kappa shape index (κ1) is 21.7. The molecule has 9 heteroatoms. The fraction of sp³-hybridized carbons (Fsp3) is 0.125. The highest BCUT2D eigenvalue weighted by Gasteiger charge is 2.37. The van der Waals surface area contributed by atoms with E-state index < -0.39 is 22.8 Å². The van der Waals surface area contributed by atoms with Crippen LogP contribution in [0.4, 0.5) is 16.2 Å². The molecule has 1 N–H and O–H groups in total. The van der Waals surface area contributed by atoms with Crippen LogP contribution >= 0.6 is 0 Å². The van der Waals surface area contributed by atoms with Crippen molar-refractivity contribution in [1.82, 2.24) is 5.32 Å². The van der Waals surface area contributed by atoms with Crippen LogP contribution in [-0.2, 0) is 9.59 Å². The largest absolute Gasteiger partial charge is 0.457 e. The Balaban J connectivity index is 1.69. The fourth-order valence-electron chi connectivity index (χ4n) is 3.66. The van der Waals surface area contributed by atoms with Crippen molar-refractivity contribution >= 4 is 35.3 Å². The van der Waals surface area contributed by atoms with Gasteiger partial charge in [0.25, 0.3) is 17.5 Å². The summed E-state index contributed by atoms with van der Waals surface area (Å²) in [6, 6.07) is 12.2. The van der Waals surface area contributed by atoms with Gasteiger partial charge in [0.1, 0.15) is 17.1 Å². The summed E-state index contributed by atoms with van der Waals surface area (Å²) in [5, 5.41) is 13.4. The molecule has 1 fully saturated rings. The molecule has 0 unspecified atom stereocenters. The number of nitro groups is 1. The average Bonchev–Trinajstić information content (AvgIpc) is 3.19. The number of amides is 4. The molecule has 0 saturated carbocycles. The molecule has 166 valence electrons. The highest BCUT2D eigenvalue weighted by Crippen LogP contribution is 2.30. The van der Waals surface area contributed by atoms with Crippen LogP contribution in [0, 0.1) is 30.9 Å². The van der Waals surface area contributed by atoms with E-state index in [9.17, 15) is 24.5 Å². The lowest BCUT2D eigenvalue weighted by Crippen LogP contribution is -2.54. The van der Waals surface area contributed by atoms with Crippen LogP contribution in [0.3, 0.4) is 0 Å². The van der Waals surface area contributed by atoms with Crippen molar-refractivity contribution < 1.29 is 23.7 Å². The average molecular weight is 445 g/mol. The van der Waals surface area contributed by atoms with Crippen LogP contribution in [0.25, 0.3) is 17.4 Å². The Bertz CT molecular complexity index is 1350. The van der Waals surface area contributed by atoms with Crippen molar-refractivity contribution in [2.45, 2.75) is 20.8 Å². The second-order valence-corrected chi connectivity index (χ2v) is 7.76. The first-order chi connectivity index (χ1) is 15.6. The number of hydrogen-bond donors (Lipinski definition) is 1. The third kappa shape index (κ3) is 4.16. The fourth-order valence-corrected chi connectivity index (χ4v) is 3.66. The molecule has 1 saturated heterocycles. The lowest BCUT2D eigenvalue weighted by atomic mass is 10.1. The maximum absolute atomic E-state index is 13.1. The number of nitrogens with zero attached hydrogens (tertiary/aromatic N) is 2. The first-order valence-corrected chi connectivity index (χ1v) is 9.99. The lowest BCUT2D eigenvalue weighted by molar-refractivity contribution is -0.385. The van der Waals surface area contributed by atoms with Gasteiger partial charge >= 0.3 is 6.03 Å². The number of aryl methyl sites for hydroxylation is 3. The minimum absolute atomic E-state index is 0.0479. The summed E-state index contributed by atoms with van der Waals surface area (Å²) in [5.74, 6) is -1.11. The van der Waals surface area contributed by atoms with Crippen molar-refractivity contribution in [2.24, 2.45) is 0 Å². The van der Waals surface area contributed by atoms with Crippen molar-refractivity contribution in [1.29, 1.82) is 0 Å². The summed E-state index contributed by atoms with van der Waals surface area (Å²) in [5.41, 5.74) is 2.73. The molecule has 0 aliphatic carbocycles. The van der Waals surface area contributed by atoms with Gasteiger partial charge in [-0.05, 0) is 62.2 Å². The smallest absolute Gasteiger partial charge is 0.335 e. The van der Waals surface area contributed by atoms with Crippen molar-refractivity contribution in [3.05, 3.63) is 86.7 Å². The molecule has 0 atom stereocenters. The molecule has 0 spiro atoms. The molecule has 1 aromatic heterocycles. The number of carbonyl (C=O) groups is 3. The second kappa shape index (κ2) is 8.19. The number of carbonyl (C=O) groups excluding carboxylic acids is 3. The SMILES string of the molecule is Cc1cc(C)cc(N2C(=O)NC(=O)/C(=C\c3ccc(-c4ccc(C)c([N+](=O)[O-])c4)o3)C2=O)c1. The van der Waals surface area contributed by atoms with Gasteiger partial charge in [-0.2, -0.15) is 0 Å². The highest BCUT2D eigenvalue weighted by molar-refractivity contribution is 6.39. The van der Waals surface area contributed by atoms with Gasteiger partial charge in [0.15, 0.2) is 0 Å². The zero-order valence-electron chi connectivity index (χ0n) is 18.0. The number of anilines is 1. The van der Waals surface area contributed by atoms with Crippen LogP contribution in [0.15, 0.2) is 58.5 Å². The molecule has 4 rings (SSSR count). The number of barbiturate groups is 1. The van der Waals surface area contributed by atoms with E-state index in [0.717, 1.165) is 16.0 Å². The van der Waals surface area contributed by atoms with E-state index in [0.29, 0.717) is 22.6 Å². The Hall–Kier alpha value is -4.53. The second-order valence-electron chi connectivity index (χ2n) is 7.76. The van der Waals surface area contributed by atoms with Gasteiger partial charge in [-0.25, -0.2) is 9.69 Å². The molecular formula is C24H19N3O6. The Morgan fingerprint density at radius 3 is 2.33 bits per heavy atom. The first-order valence-electron chi connectivity index (χ1n) is 9.99. The number of nitro benzene ring substituents is 1. The molecule has 0 radical (unpaired) electrons. The van der Waals surface area contributed by atoms with Gasteiger partial charge in [-0.15, -0.1) is 0 Å². The predicted molar refractivity (Wildman–Crippen MR) is 120 cm³/mol. The van der Waals surface area contributed by atoms with Gasteiger partial charge in [-0.3, -0.25) is 25.0 Å². The van der Waals surface area contributed by atoms with Crippen LogP contribution in [0.5, 0.6) is 0 Å². The van der Waals surface area contributed by atoms with Crippen LogP contribution in [-0.4, -0.2) is 22.8 Å². The zero-order chi connectivity index (χ0) is 23.9. The summed E-state index contributed by atoms with van der Waals surface area (Å²) in [6.07, 6.45) is 1.24. The number of rotatable bonds is 4. The van der Waals surface area contributed by atoms with E-state index in [4.69, 9.17) is 4.42 Å². The topological polar surface area (TPSA) is 123 Å². The Morgan fingerprint density at radius 1 is 0.970 bits per heavy atom. The molecular weight excluding hydrogens is 426 g/mol. The molecule has 2 heterocycles. The van der Waals surface area contributed by atoms with Crippen LogP contribution in [0.1, 0.15) is 22.5 Å². The summed E-state index contributed by atoms with van der Waals surface area (Å²) in [4.78, 5) is 49.5. The number of benzene rings is 2. The number of furan rings is 1. The number of nitrogens with one attached hydrogen (secondary N) is 1. The van der Waals surface area contributed by atoms with Gasteiger partial charge in [0.05, 0.1) is 10.6 Å². The van der Waals surface area contributed by atoms with E-state index >= 15 is 0 Å². The molecule has 2 aromatic carbocycles. The normalized spacial score (nSPS) is 15.2. The molecule has 33 heavy (non-hydrogen) atoms. The Morgan fingerprint density at radius 2 is 1.67 bits per heavy atom. The predicted octanol–water partition coefficient (Wildman–Crippen LogP) is 4.45. The van der Waals surface area contributed by atoms with E-state index in [1.165, 1.54) is 18.2 Å². The molecule has 4 amide bonds. The van der Waals surface area contributed by atoms with E-state index in [1.807, 2.05) is 19.9 Å². The number of hydrogen-bond acceptors (Lipinski definition) is 6. The summed E-state index contributed by atoms with van der Waals surface area (Å²) >= 11 is 0. The van der Waals surface area contributed by atoms with E-state index in [-0.39, 0.29) is 17.0 Å². The van der Waals surface area contributed by atoms with E-state index in [1.54, 1.807) is 37.3 Å². The quantitative estimate of drug-likeness (QED) is 0.274. The number of imide groups is 2. The molecule has 1 aliphatic rings. The standard InChI is InChI=1S/C24H19N3O6/c1-13-8-14(2)10-17(9-13)26-23(29)19(22(28)25-24(26)30)12-18-6-7-21(33-18)16-5-4-15(3)20(11-16)27(31)32/h4-12H,1-3H3,(H,25,28,30)/b19-12+. The highest BCUT2D eigenvalue weighted by atomic mass is 16.6. The summed E-state index contributed by atoms with van der Waals surface area (Å²) in [6.45, 7) is 5.31. The number of urea groups is 1. The van der Waals surface area contributed by atoms with Gasteiger partial charge < -0.3 is 4.42 Å². The maximum atomic E-state index is 13.1. The third-order valence-electron chi connectivity index (χ3n) is 5.17. The minimum atomic E-state index is -0.838. The monoisotopic (exact) mass is 445 g/mol. The lowest BCUT2D eigenvalue weighted by Gasteiger charge is -2.26. The van der Waals surface area contributed by atoms with Gasteiger partial charge in [-0.1, -0.05) is 18.2 Å². The Kier molecular flexibility index (Phi) is 5.39. The summed E-state index contributed by atoms with van der Waals surface area (Å²) in [7, 11) is 0. The van der Waals surface area contributed by atoms with Crippen molar-refractivity contribution in [2.75, 3.05) is 4.90 Å². The molecule has 1 aliphatic heterocycles. The van der Waals surface area contributed by atoms with Crippen LogP contribution in [0.2, 0.25) is 0 Å². The van der Waals surface area contributed by atoms with Crippen LogP contribution < -0.4 is 10.2 Å². The molecule has 9 nitrogen and oxygen atoms in total. The summed E-state index contributed by atoms with van der Waals surface area (Å²) < 4.78 is 5.72. The minimum Gasteiger partial charge on any atom is -0.457 e. The van der Waals surface area contributed by atoms with E-state index in [2.05, 4.69) is 5.32 Å².